The number of rotatable bonds is 4. The minimum absolute atomic E-state index is 0.0551. The summed E-state index contributed by atoms with van der Waals surface area (Å²) in [5.74, 6) is -1.79. The van der Waals surface area contributed by atoms with E-state index in [-0.39, 0.29) is 25.1 Å². The van der Waals surface area contributed by atoms with Gasteiger partial charge in [0, 0.05) is 31.1 Å². The lowest BCUT2D eigenvalue weighted by atomic mass is 10.1. The lowest BCUT2D eigenvalue weighted by Crippen LogP contribution is -2.42. The van der Waals surface area contributed by atoms with Crippen molar-refractivity contribution in [1.29, 1.82) is 0 Å². The van der Waals surface area contributed by atoms with E-state index in [2.05, 4.69) is 15.3 Å². The Kier molecular flexibility index (Phi) is 5.23. The van der Waals surface area contributed by atoms with Crippen molar-refractivity contribution >= 4 is 33.2 Å². The van der Waals surface area contributed by atoms with Crippen molar-refractivity contribution in [2.75, 3.05) is 31.7 Å². The third-order valence-electron chi connectivity index (χ3n) is 6.71. The number of fused-ring (bicyclic) bond motifs is 2. The largest absolute Gasteiger partial charge is 0.418 e. The number of aromatic nitrogens is 2. The molecule has 1 aliphatic carbocycles. The Morgan fingerprint density at radius 1 is 1.24 bits per heavy atom. The molecule has 1 saturated carbocycles. The van der Waals surface area contributed by atoms with Gasteiger partial charge in [0.25, 0.3) is 5.91 Å². The van der Waals surface area contributed by atoms with E-state index in [9.17, 15) is 30.8 Å². The second-order valence-electron chi connectivity index (χ2n) is 8.87. The van der Waals surface area contributed by atoms with Crippen LogP contribution >= 0.6 is 11.3 Å². The molecule has 5 rings (SSSR count). The number of piperidine rings is 1. The third-order valence-corrected chi connectivity index (χ3v) is 9.41. The molecule has 2 aromatic rings. The molecule has 0 unspecified atom stereocenters. The van der Waals surface area contributed by atoms with E-state index in [1.807, 2.05) is 0 Å². The quantitative estimate of drug-likeness (QED) is 0.623. The smallest absolute Gasteiger partial charge is 0.351 e. The Labute approximate surface area is 197 Å². The van der Waals surface area contributed by atoms with Gasteiger partial charge in [0.05, 0.1) is 34.0 Å². The van der Waals surface area contributed by atoms with Crippen molar-refractivity contribution in [2.45, 2.75) is 43.4 Å². The Bertz CT molecular complexity index is 1280. The number of amides is 1. The van der Waals surface area contributed by atoms with Gasteiger partial charge in [-0.1, -0.05) is 0 Å². The van der Waals surface area contributed by atoms with Crippen molar-refractivity contribution in [1.82, 2.24) is 19.2 Å². The maximum Gasteiger partial charge on any atom is 0.418 e. The fourth-order valence-corrected chi connectivity index (χ4v) is 7.17. The normalized spacial score (nSPS) is 20.8. The van der Waals surface area contributed by atoms with Gasteiger partial charge in [-0.3, -0.25) is 4.79 Å². The molecule has 0 aromatic carbocycles. The van der Waals surface area contributed by atoms with E-state index >= 15 is 0 Å². The van der Waals surface area contributed by atoms with E-state index < -0.39 is 55.2 Å². The summed E-state index contributed by atoms with van der Waals surface area (Å²) in [6.07, 6.45) is -0.945. The molecular weight excluding hydrogens is 498 g/mol. The monoisotopic (exact) mass is 519 g/mol. The zero-order valence-electron chi connectivity index (χ0n) is 18.2. The summed E-state index contributed by atoms with van der Waals surface area (Å²) in [4.78, 5) is 21.9. The van der Waals surface area contributed by atoms with Crippen LogP contribution in [0, 0.1) is 5.82 Å². The van der Waals surface area contributed by atoms with Crippen LogP contribution in [0.5, 0.6) is 0 Å². The highest BCUT2D eigenvalue weighted by Gasteiger charge is 2.61. The maximum atomic E-state index is 14.7. The van der Waals surface area contributed by atoms with E-state index in [0.717, 1.165) is 23.8 Å². The van der Waals surface area contributed by atoms with Gasteiger partial charge in [-0.15, -0.1) is 11.3 Å². The van der Waals surface area contributed by atoms with Crippen molar-refractivity contribution in [3.05, 3.63) is 28.0 Å². The molecule has 1 spiro atoms. The minimum Gasteiger partial charge on any atom is -0.351 e. The minimum atomic E-state index is -4.88. The number of sulfonamides is 1. The van der Waals surface area contributed by atoms with Gasteiger partial charge in [-0.2, -0.15) is 13.2 Å². The second-order valence-corrected chi connectivity index (χ2v) is 11.9. The number of carbonyl (C=O) groups excluding carboxylic acids is 1. The maximum absolute atomic E-state index is 14.7. The van der Waals surface area contributed by atoms with Crippen LogP contribution in [-0.2, 0) is 21.7 Å². The summed E-state index contributed by atoms with van der Waals surface area (Å²) in [7, 11) is -1.82. The van der Waals surface area contributed by atoms with Gasteiger partial charge in [0.15, 0.2) is 5.82 Å². The summed E-state index contributed by atoms with van der Waals surface area (Å²) < 4.78 is 81.8. The van der Waals surface area contributed by atoms with Crippen LogP contribution < -0.4 is 5.32 Å². The third kappa shape index (κ3) is 3.66. The molecule has 0 bridgehead atoms. The summed E-state index contributed by atoms with van der Waals surface area (Å²) in [5.41, 5.74) is -2.82. The Balaban J connectivity index is 1.49. The van der Waals surface area contributed by atoms with E-state index in [0.29, 0.717) is 30.6 Å². The number of hydrogen-bond acceptors (Lipinski definition) is 7. The molecule has 34 heavy (non-hydrogen) atoms. The summed E-state index contributed by atoms with van der Waals surface area (Å²) in [6.45, 7) is 0.552. The molecule has 0 radical (unpaired) electrons. The average Bonchev–Trinajstić information content (AvgIpc) is 3.41. The molecule has 2 fully saturated rings. The van der Waals surface area contributed by atoms with Gasteiger partial charge in [-0.25, -0.2) is 27.1 Å². The number of halogens is 4. The SMILES string of the molecule is CN1C(=O)c2c(sc(-c3nc(NC4CCN(S(C)(=O)=O)CC4)ncc3F)c2C(F)(F)F)C12CC2. The Hall–Kier alpha value is -2.32. The molecule has 1 saturated heterocycles. The Morgan fingerprint density at radius 2 is 1.88 bits per heavy atom. The van der Waals surface area contributed by atoms with E-state index in [1.165, 1.54) is 16.3 Å². The number of nitrogens with one attached hydrogen (secondary N) is 1. The van der Waals surface area contributed by atoms with E-state index in [4.69, 9.17) is 0 Å². The molecule has 0 atom stereocenters. The Morgan fingerprint density at radius 3 is 2.44 bits per heavy atom. The van der Waals surface area contributed by atoms with Crippen LogP contribution in [0.2, 0.25) is 0 Å². The predicted octanol–water partition coefficient (Wildman–Crippen LogP) is 3.27. The van der Waals surface area contributed by atoms with Gasteiger partial charge in [0.1, 0.15) is 5.69 Å². The first kappa shape index (κ1) is 23.4. The number of nitrogens with zero attached hydrogens (tertiary/aromatic N) is 4. The second kappa shape index (κ2) is 7.59. The van der Waals surface area contributed by atoms with Crippen LogP contribution in [0.15, 0.2) is 6.20 Å². The lowest BCUT2D eigenvalue weighted by Gasteiger charge is -2.30. The first-order valence-corrected chi connectivity index (χ1v) is 13.3. The summed E-state index contributed by atoms with van der Waals surface area (Å²) in [6, 6.07) is -0.225. The van der Waals surface area contributed by atoms with Crippen molar-refractivity contribution in [3.8, 4) is 10.6 Å². The van der Waals surface area contributed by atoms with Gasteiger partial charge < -0.3 is 10.2 Å². The van der Waals surface area contributed by atoms with Crippen LogP contribution in [0.1, 0.15) is 46.5 Å². The number of carbonyl (C=O) groups is 1. The lowest BCUT2D eigenvalue weighted by molar-refractivity contribution is -0.137. The molecule has 3 aliphatic rings. The molecule has 1 N–H and O–H groups in total. The van der Waals surface area contributed by atoms with Crippen molar-refractivity contribution in [2.24, 2.45) is 0 Å². The van der Waals surface area contributed by atoms with Crippen LogP contribution in [0.25, 0.3) is 10.6 Å². The number of alkyl halides is 3. The fraction of sp³-hybridized carbons (Fsp3) is 0.550. The van der Waals surface area contributed by atoms with Gasteiger partial charge in [0.2, 0.25) is 16.0 Å². The van der Waals surface area contributed by atoms with Gasteiger partial charge in [-0.05, 0) is 25.7 Å². The van der Waals surface area contributed by atoms with Crippen molar-refractivity contribution < 1.29 is 30.8 Å². The molecule has 4 heterocycles. The number of thiophene rings is 1. The summed E-state index contributed by atoms with van der Waals surface area (Å²) in [5, 5.41) is 2.98. The highest BCUT2D eigenvalue weighted by Crippen LogP contribution is 2.62. The van der Waals surface area contributed by atoms with E-state index in [1.54, 1.807) is 0 Å². The first-order valence-electron chi connectivity index (χ1n) is 10.6. The molecule has 2 aliphatic heterocycles. The van der Waals surface area contributed by atoms with Crippen LogP contribution in [0.3, 0.4) is 0 Å². The standard InChI is InChI=1S/C20H21F4N5O3S2/c1-28-17(30)12-13(20(22,23)24)15(33-16(12)19(28)5-6-19)14-11(21)9-25-18(27-14)26-10-3-7-29(8-4-10)34(2,31)32/h9-10H,3-8H2,1-2H3,(H,25,26,27). The average molecular weight is 520 g/mol. The van der Waals surface area contributed by atoms with Crippen LogP contribution in [-0.4, -0.2) is 65.9 Å². The van der Waals surface area contributed by atoms with Crippen molar-refractivity contribution in [3.63, 3.8) is 0 Å². The predicted molar refractivity (Wildman–Crippen MR) is 116 cm³/mol. The summed E-state index contributed by atoms with van der Waals surface area (Å²) >= 11 is 0.764. The topological polar surface area (TPSA) is 95.5 Å². The first-order chi connectivity index (χ1) is 15.8. The highest BCUT2D eigenvalue weighted by molar-refractivity contribution is 7.88. The van der Waals surface area contributed by atoms with Gasteiger partial charge >= 0.3 is 6.18 Å². The zero-order valence-corrected chi connectivity index (χ0v) is 19.9. The molecule has 184 valence electrons. The highest BCUT2D eigenvalue weighted by atomic mass is 32.2. The number of hydrogen-bond donors (Lipinski definition) is 1. The molecule has 8 nitrogen and oxygen atoms in total. The molecular formula is C20H21F4N5O3S2. The zero-order chi connectivity index (χ0) is 24.6. The number of anilines is 1. The molecule has 2 aromatic heterocycles. The fourth-order valence-electron chi connectivity index (χ4n) is 4.71. The molecule has 14 heteroatoms. The van der Waals surface area contributed by atoms with Crippen LogP contribution in [0.4, 0.5) is 23.5 Å². The molecule has 1 amide bonds.